The molecule has 1 fully saturated rings. The van der Waals surface area contributed by atoms with Gasteiger partial charge in [-0.2, -0.15) is 0 Å². The van der Waals surface area contributed by atoms with Gasteiger partial charge in [0.1, 0.15) is 5.78 Å². The van der Waals surface area contributed by atoms with E-state index >= 15 is 0 Å². The number of esters is 1. The van der Waals surface area contributed by atoms with Gasteiger partial charge >= 0.3 is 5.97 Å². The van der Waals surface area contributed by atoms with Crippen molar-refractivity contribution in [2.45, 2.75) is 45.3 Å². The first-order valence-electron chi connectivity index (χ1n) is 7.15. The van der Waals surface area contributed by atoms with Gasteiger partial charge in [-0.1, -0.05) is 12.2 Å². The average Bonchev–Trinajstić information content (AvgIpc) is 2.67. The van der Waals surface area contributed by atoms with Crippen LogP contribution in [0.1, 0.15) is 33.1 Å². The molecule has 4 atom stereocenters. The second kappa shape index (κ2) is 8.10. The van der Waals surface area contributed by atoms with Crippen molar-refractivity contribution in [3.8, 4) is 0 Å². The number of aliphatic hydroxyl groups excluding tert-OH is 2. The molecule has 0 bridgehead atoms. The maximum atomic E-state index is 11.1. The molecule has 1 aliphatic rings. The Balaban J connectivity index is 2.75. The highest BCUT2D eigenvalue weighted by atomic mass is 16.5. The molecule has 0 aromatic heterocycles. The van der Waals surface area contributed by atoms with Crippen LogP contribution in [0.4, 0.5) is 0 Å². The van der Waals surface area contributed by atoms with Crippen LogP contribution in [0.5, 0.6) is 0 Å². The zero-order valence-electron chi connectivity index (χ0n) is 12.8. The van der Waals surface area contributed by atoms with E-state index in [9.17, 15) is 19.8 Å². The molecule has 0 heterocycles. The second-order valence-corrected chi connectivity index (χ2v) is 5.62. The molecule has 5 heteroatoms. The van der Waals surface area contributed by atoms with Crippen LogP contribution in [0.25, 0.3) is 0 Å². The van der Waals surface area contributed by atoms with E-state index in [1.807, 2.05) is 0 Å². The third kappa shape index (κ3) is 5.44. The van der Waals surface area contributed by atoms with Crippen molar-refractivity contribution < 1.29 is 24.5 Å². The molecule has 0 aromatic rings. The Labute approximate surface area is 125 Å². The van der Waals surface area contributed by atoms with Gasteiger partial charge in [-0.3, -0.25) is 0 Å². The number of carbonyl (C=O) groups excluding carboxylic acids is 2. The lowest BCUT2D eigenvalue weighted by molar-refractivity contribution is -0.134. The third-order valence-electron chi connectivity index (χ3n) is 3.87. The number of hydrogen-bond acceptors (Lipinski definition) is 5. The summed E-state index contributed by atoms with van der Waals surface area (Å²) in [6.07, 6.45) is 4.95. The molecule has 0 aliphatic heterocycles. The maximum absolute atomic E-state index is 11.1. The number of Topliss-reactive ketones (excluding diaryl/α,β-unsaturated/α-hetero) is 1. The number of methoxy groups -OCH3 is 1. The lowest BCUT2D eigenvalue weighted by Gasteiger charge is -2.20. The maximum Gasteiger partial charge on any atom is 0.330 e. The Morgan fingerprint density at radius 2 is 1.90 bits per heavy atom. The lowest BCUT2D eigenvalue weighted by Crippen LogP contribution is -2.21. The molecule has 0 unspecified atom stereocenters. The predicted octanol–water partition coefficient (Wildman–Crippen LogP) is 1.39. The van der Waals surface area contributed by atoms with Crippen molar-refractivity contribution in [3.05, 3.63) is 23.8 Å². The quantitative estimate of drug-likeness (QED) is 0.439. The van der Waals surface area contributed by atoms with Crippen molar-refractivity contribution >= 4 is 11.8 Å². The van der Waals surface area contributed by atoms with Crippen LogP contribution in [0.15, 0.2) is 23.8 Å². The van der Waals surface area contributed by atoms with Gasteiger partial charge < -0.3 is 19.7 Å². The van der Waals surface area contributed by atoms with Gasteiger partial charge in [-0.05, 0) is 31.8 Å². The number of ether oxygens (including phenoxy) is 1. The fraction of sp³-hybridized carbons (Fsp3) is 0.625. The number of aliphatic hydroxyl groups is 2. The van der Waals surface area contributed by atoms with Gasteiger partial charge in [-0.25, -0.2) is 4.79 Å². The van der Waals surface area contributed by atoms with Crippen LogP contribution < -0.4 is 0 Å². The molecule has 0 spiro atoms. The summed E-state index contributed by atoms with van der Waals surface area (Å²) < 4.78 is 4.54. The van der Waals surface area contributed by atoms with Crippen LogP contribution in [0.3, 0.4) is 0 Å². The largest absolute Gasteiger partial charge is 0.466 e. The first-order chi connectivity index (χ1) is 9.85. The van der Waals surface area contributed by atoms with E-state index in [1.165, 1.54) is 20.1 Å². The van der Waals surface area contributed by atoms with Gasteiger partial charge in [0.05, 0.1) is 19.3 Å². The summed E-state index contributed by atoms with van der Waals surface area (Å²) in [5.41, 5.74) is 0.709. The van der Waals surface area contributed by atoms with Gasteiger partial charge in [0.2, 0.25) is 0 Å². The standard InChI is InChI=1S/C16H24O5/c1-10(8-16(20)21-3)4-6-12-13(7-5-11(2)17)15(19)9-14(12)18/h4,6,8,12-15,18-19H,5,7,9H2,1-3H3/t12-,13+,14-,15+/m1/s1. The molecule has 118 valence electrons. The minimum Gasteiger partial charge on any atom is -0.466 e. The van der Waals surface area contributed by atoms with Crippen LogP contribution >= 0.6 is 0 Å². The fourth-order valence-corrected chi connectivity index (χ4v) is 2.70. The fourth-order valence-electron chi connectivity index (χ4n) is 2.70. The molecule has 0 amide bonds. The molecular weight excluding hydrogens is 272 g/mol. The zero-order valence-corrected chi connectivity index (χ0v) is 12.8. The van der Waals surface area contributed by atoms with E-state index in [0.717, 1.165) is 0 Å². The molecule has 0 aromatic carbocycles. The number of allylic oxidation sites excluding steroid dienone is 2. The van der Waals surface area contributed by atoms with Crippen LogP contribution in [-0.2, 0) is 14.3 Å². The highest BCUT2D eigenvalue weighted by Gasteiger charge is 2.39. The van der Waals surface area contributed by atoms with Crippen LogP contribution in [0, 0.1) is 11.8 Å². The number of ketones is 1. The highest BCUT2D eigenvalue weighted by Crippen LogP contribution is 2.36. The van der Waals surface area contributed by atoms with E-state index in [-0.39, 0.29) is 17.6 Å². The summed E-state index contributed by atoms with van der Waals surface area (Å²) in [6, 6.07) is 0. The molecule has 0 saturated heterocycles. The topological polar surface area (TPSA) is 83.8 Å². The smallest absolute Gasteiger partial charge is 0.330 e. The summed E-state index contributed by atoms with van der Waals surface area (Å²) in [5, 5.41) is 20.0. The normalized spacial score (nSPS) is 29.9. The zero-order chi connectivity index (χ0) is 16.0. The Kier molecular flexibility index (Phi) is 6.78. The Morgan fingerprint density at radius 1 is 1.24 bits per heavy atom. The SMILES string of the molecule is COC(=O)C=C(C)C=C[C@@H]1[C@H](CCC(C)=O)[C@@H](O)C[C@H]1O. The first-order valence-corrected chi connectivity index (χ1v) is 7.15. The minimum absolute atomic E-state index is 0.0769. The summed E-state index contributed by atoms with van der Waals surface area (Å²) in [5.74, 6) is -0.697. The molecule has 1 saturated carbocycles. The molecule has 21 heavy (non-hydrogen) atoms. The lowest BCUT2D eigenvalue weighted by atomic mass is 9.88. The Morgan fingerprint density at radius 3 is 2.48 bits per heavy atom. The molecule has 1 aliphatic carbocycles. The first kappa shape index (κ1) is 17.6. The minimum atomic E-state index is -0.626. The summed E-state index contributed by atoms with van der Waals surface area (Å²) >= 11 is 0. The van der Waals surface area contributed by atoms with E-state index in [0.29, 0.717) is 24.8 Å². The molecule has 5 nitrogen and oxygen atoms in total. The van der Waals surface area contributed by atoms with E-state index < -0.39 is 18.2 Å². The van der Waals surface area contributed by atoms with Crippen LogP contribution in [-0.4, -0.2) is 41.3 Å². The average molecular weight is 296 g/mol. The predicted molar refractivity (Wildman–Crippen MR) is 78.4 cm³/mol. The van der Waals surface area contributed by atoms with Crippen molar-refractivity contribution in [3.63, 3.8) is 0 Å². The second-order valence-electron chi connectivity index (χ2n) is 5.62. The van der Waals surface area contributed by atoms with Crippen LogP contribution in [0.2, 0.25) is 0 Å². The van der Waals surface area contributed by atoms with Crippen molar-refractivity contribution in [1.29, 1.82) is 0 Å². The summed E-state index contributed by atoms with van der Waals surface area (Å²) in [6.45, 7) is 3.28. The highest BCUT2D eigenvalue weighted by molar-refractivity contribution is 5.83. The van der Waals surface area contributed by atoms with E-state index in [2.05, 4.69) is 4.74 Å². The van der Waals surface area contributed by atoms with Gasteiger partial charge in [0, 0.05) is 24.8 Å². The number of hydrogen-bond donors (Lipinski definition) is 2. The van der Waals surface area contributed by atoms with Crippen molar-refractivity contribution in [1.82, 2.24) is 0 Å². The van der Waals surface area contributed by atoms with E-state index in [1.54, 1.807) is 19.1 Å². The Bertz CT molecular complexity index is 438. The van der Waals surface area contributed by atoms with E-state index in [4.69, 9.17) is 0 Å². The van der Waals surface area contributed by atoms with Gasteiger partial charge in [0.25, 0.3) is 0 Å². The number of carbonyl (C=O) groups is 2. The summed E-state index contributed by atoms with van der Waals surface area (Å²) in [4.78, 5) is 22.2. The van der Waals surface area contributed by atoms with Crippen molar-refractivity contribution in [2.75, 3.05) is 7.11 Å². The third-order valence-corrected chi connectivity index (χ3v) is 3.87. The Hall–Kier alpha value is -1.46. The van der Waals surface area contributed by atoms with Gasteiger partial charge in [0.15, 0.2) is 0 Å². The van der Waals surface area contributed by atoms with Gasteiger partial charge in [-0.15, -0.1) is 0 Å². The summed E-state index contributed by atoms with van der Waals surface area (Å²) in [7, 11) is 1.31. The molecular formula is C16H24O5. The monoisotopic (exact) mass is 296 g/mol. The molecule has 0 radical (unpaired) electrons. The number of rotatable bonds is 6. The molecule has 1 rings (SSSR count). The van der Waals surface area contributed by atoms with Crippen molar-refractivity contribution in [2.24, 2.45) is 11.8 Å². The molecule has 2 N–H and O–H groups in total.